The van der Waals surface area contributed by atoms with Crippen LogP contribution in [0.25, 0.3) is 0 Å². The van der Waals surface area contributed by atoms with E-state index in [4.69, 9.17) is 20.6 Å². The van der Waals surface area contributed by atoms with E-state index in [2.05, 4.69) is 27.2 Å². The zero-order chi connectivity index (χ0) is 15.0. The molecule has 0 bridgehead atoms. The molecule has 1 rings (SSSR count). The van der Waals surface area contributed by atoms with Crippen LogP contribution < -0.4 is 10.1 Å². The smallest absolute Gasteiger partial charge is 0.171 e. The number of halogens is 1. The SMILES string of the molecule is C#CCOc1ccc(Br)cc1CNC(C)C(OC)OC. The molecule has 0 aliphatic rings. The van der Waals surface area contributed by atoms with Crippen LogP contribution in [0.1, 0.15) is 12.5 Å². The minimum absolute atomic E-state index is 0.0458. The van der Waals surface area contributed by atoms with Crippen molar-refractivity contribution < 1.29 is 14.2 Å². The predicted molar refractivity (Wildman–Crippen MR) is 82.6 cm³/mol. The first kappa shape index (κ1) is 17.0. The van der Waals surface area contributed by atoms with Crippen molar-refractivity contribution >= 4 is 15.9 Å². The average molecular weight is 342 g/mol. The van der Waals surface area contributed by atoms with E-state index < -0.39 is 0 Å². The molecule has 0 amide bonds. The summed E-state index contributed by atoms with van der Waals surface area (Å²) in [6.07, 6.45) is 4.93. The quantitative estimate of drug-likeness (QED) is 0.582. The van der Waals surface area contributed by atoms with Crippen LogP contribution in [0.4, 0.5) is 0 Å². The molecule has 1 aromatic rings. The number of benzene rings is 1. The van der Waals surface area contributed by atoms with Crippen LogP contribution in [-0.4, -0.2) is 33.2 Å². The Bertz CT molecular complexity index is 455. The van der Waals surface area contributed by atoms with E-state index in [9.17, 15) is 0 Å². The molecular weight excluding hydrogens is 322 g/mol. The van der Waals surface area contributed by atoms with E-state index in [0.717, 1.165) is 15.8 Å². The van der Waals surface area contributed by atoms with Gasteiger partial charge in [-0.3, -0.25) is 0 Å². The molecule has 110 valence electrons. The molecule has 0 spiro atoms. The van der Waals surface area contributed by atoms with E-state index in [0.29, 0.717) is 6.54 Å². The second kappa shape index (κ2) is 8.98. The first-order valence-corrected chi connectivity index (χ1v) is 7.05. The minimum Gasteiger partial charge on any atom is -0.481 e. The highest BCUT2D eigenvalue weighted by atomic mass is 79.9. The van der Waals surface area contributed by atoms with E-state index in [-0.39, 0.29) is 18.9 Å². The number of hydrogen-bond donors (Lipinski definition) is 1. The van der Waals surface area contributed by atoms with Gasteiger partial charge < -0.3 is 19.5 Å². The first-order valence-electron chi connectivity index (χ1n) is 6.26. The van der Waals surface area contributed by atoms with Gasteiger partial charge in [-0.2, -0.15) is 0 Å². The molecule has 1 atom stereocenters. The monoisotopic (exact) mass is 341 g/mol. The molecule has 0 saturated heterocycles. The summed E-state index contributed by atoms with van der Waals surface area (Å²) in [4.78, 5) is 0. The third-order valence-corrected chi connectivity index (χ3v) is 3.31. The highest BCUT2D eigenvalue weighted by molar-refractivity contribution is 9.10. The molecule has 0 radical (unpaired) electrons. The molecule has 1 N–H and O–H groups in total. The van der Waals surface area contributed by atoms with Crippen LogP contribution in [0.2, 0.25) is 0 Å². The summed E-state index contributed by atoms with van der Waals surface area (Å²) in [6, 6.07) is 5.86. The van der Waals surface area contributed by atoms with Gasteiger partial charge >= 0.3 is 0 Å². The fraction of sp³-hybridized carbons (Fsp3) is 0.467. The number of hydrogen-bond acceptors (Lipinski definition) is 4. The molecule has 1 unspecified atom stereocenters. The van der Waals surface area contributed by atoms with Crippen molar-refractivity contribution in [2.24, 2.45) is 0 Å². The minimum atomic E-state index is -0.294. The van der Waals surface area contributed by atoms with Crippen molar-refractivity contribution in [2.75, 3.05) is 20.8 Å². The molecule has 0 saturated carbocycles. The molecular formula is C15H20BrNO3. The fourth-order valence-electron chi connectivity index (χ4n) is 1.82. The highest BCUT2D eigenvalue weighted by Crippen LogP contribution is 2.23. The van der Waals surface area contributed by atoms with Gasteiger partial charge in [0.15, 0.2) is 6.29 Å². The lowest BCUT2D eigenvalue weighted by molar-refractivity contribution is -0.119. The van der Waals surface area contributed by atoms with Gasteiger partial charge in [-0.15, -0.1) is 6.42 Å². The summed E-state index contributed by atoms with van der Waals surface area (Å²) in [5, 5.41) is 3.34. The van der Waals surface area contributed by atoms with Crippen molar-refractivity contribution in [1.82, 2.24) is 5.32 Å². The average Bonchev–Trinajstić information content (AvgIpc) is 2.45. The van der Waals surface area contributed by atoms with Crippen molar-refractivity contribution in [2.45, 2.75) is 25.8 Å². The Labute approximate surface area is 128 Å². The topological polar surface area (TPSA) is 39.7 Å². The Morgan fingerprint density at radius 3 is 2.65 bits per heavy atom. The molecule has 0 aliphatic heterocycles. The maximum atomic E-state index is 5.53. The molecule has 0 heterocycles. The third-order valence-electron chi connectivity index (χ3n) is 2.82. The Kier molecular flexibility index (Phi) is 7.63. The third kappa shape index (κ3) is 5.14. The summed E-state index contributed by atoms with van der Waals surface area (Å²) in [5.41, 5.74) is 1.02. The Morgan fingerprint density at radius 1 is 1.35 bits per heavy atom. The second-order valence-corrected chi connectivity index (χ2v) is 5.17. The second-order valence-electron chi connectivity index (χ2n) is 4.25. The van der Waals surface area contributed by atoms with Gasteiger partial charge in [-0.05, 0) is 25.1 Å². The van der Waals surface area contributed by atoms with Crippen molar-refractivity contribution in [3.05, 3.63) is 28.2 Å². The van der Waals surface area contributed by atoms with Crippen molar-refractivity contribution in [1.29, 1.82) is 0 Å². The fourth-order valence-corrected chi connectivity index (χ4v) is 2.23. The van der Waals surface area contributed by atoms with Gasteiger partial charge in [0.05, 0.1) is 6.04 Å². The van der Waals surface area contributed by atoms with Gasteiger partial charge in [-0.1, -0.05) is 21.9 Å². The van der Waals surface area contributed by atoms with Gasteiger partial charge in [0.25, 0.3) is 0 Å². The Morgan fingerprint density at radius 2 is 2.05 bits per heavy atom. The molecule has 20 heavy (non-hydrogen) atoms. The van der Waals surface area contributed by atoms with Crippen LogP contribution in [0, 0.1) is 12.3 Å². The molecule has 1 aromatic carbocycles. The maximum Gasteiger partial charge on any atom is 0.171 e. The number of rotatable bonds is 8. The standard InChI is InChI=1S/C15H20BrNO3/c1-5-8-20-14-7-6-13(16)9-12(14)10-17-11(2)15(18-3)19-4/h1,6-7,9,11,15,17H,8,10H2,2-4H3. The maximum absolute atomic E-state index is 5.53. The van der Waals surface area contributed by atoms with E-state index in [1.54, 1.807) is 14.2 Å². The summed E-state index contributed by atoms with van der Waals surface area (Å²) in [6.45, 7) is 2.88. The number of terminal acetylenes is 1. The van der Waals surface area contributed by atoms with E-state index in [1.165, 1.54) is 0 Å². The molecule has 0 aromatic heterocycles. The van der Waals surface area contributed by atoms with Crippen molar-refractivity contribution in [3.8, 4) is 18.1 Å². The van der Waals surface area contributed by atoms with E-state index >= 15 is 0 Å². The van der Waals surface area contributed by atoms with Crippen LogP contribution >= 0.6 is 15.9 Å². The summed E-state index contributed by atoms with van der Waals surface area (Å²) in [7, 11) is 3.24. The summed E-state index contributed by atoms with van der Waals surface area (Å²) in [5.74, 6) is 3.24. The van der Waals surface area contributed by atoms with Crippen LogP contribution in [-0.2, 0) is 16.0 Å². The van der Waals surface area contributed by atoms with Gasteiger partial charge in [0.1, 0.15) is 12.4 Å². The summed E-state index contributed by atoms with van der Waals surface area (Å²) >= 11 is 3.45. The zero-order valence-corrected chi connectivity index (χ0v) is 13.6. The van der Waals surface area contributed by atoms with Gasteiger partial charge in [0, 0.05) is 30.8 Å². The molecule has 5 heteroatoms. The molecule has 0 aliphatic carbocycles. The lowest BCUT2D eigenvalue weighted by Gasteiger charge is -2.22. The molecule has 4 nitrogen and oxygen atoms in total. The summed E-state index contributed by atoms with van der Waals surface area (Å²) < 4.78 is 17.0. The van der Waals surface area contributed by atoms with Crippen molar-refractivity contribution in [3.63, 3.8) is 0 Å². The zero-order valence-electron chi connectivity index (χ0n) is 12.0. The largest absolute Gasteiger partial charge is 0.481 e. The molecule has 0 fully saturated rings. The van der Waals surface area contributed by atoms with Crippen LogP contribution in [0.3, 0.4) is 0 Å². The first-order chi connectivity index (χ1) is 9.62. The van der Waals surface area contributed by atoms with Gasteiger partial charge in [0.2, 0.25) is 0 Å². The lowest BCUT2D eigenvalue weighted by atomic mass is 10.2. The lowest BCUT2D eigenvalue weighted by Crippen LogP contribution is -2.39. The predicted octanol–water partition coefficient (Wildman–Crippen LogP) is 2.56. The normalized spacial score (nSPS) is 12.2. The Balaban J connectivity index is 2.70. The number of methoxy groups -OCH3 is 2. The number of nitrogens with one attached hydrogen (secondary N) is 1. The van der Waals surface area contributed by atoms with Crippen LogP contribution in [0.5, 0.6) is 5.75 Å². The van der Waals surface area contributed by atoms with Crippen LogP contribution in [0.15, 0.2) is 22.7 Å². The highest BCUT2D eigenvalue weighted by Gasteiger charge is 2.15. The number of ether oxygens (including phenoxy) is 3. The van der Waals surface area contributed by atoms with Gasteiger partial charge in [-0.25, -0.2) is 0 Å². The van der Waals surface area contributed by atoms with E-state index in [1.807, 2.05) is 25.1 Å². The Hall–Kier alpha value is -1.06.